The molecule has 2 aromatic carbocycles. The van der Waals surface area contributed by atoms with Gasteiger partial charge in [-0.15, -0.1) is 0 Å². The first-order chi connectivity index (χ1) is 15.7. The minimum Gasteiger partial charge on any atom is -0.294 e. The third-order valence-electron chi connectivity index (χ3n) is 6.62. The smallest absolute Gasteiger partial charge is 0.269 e. The fourth-order valence-electron chi connectivity index (χ4n) is 4.98. The molecule has 0 amide bonds. The van der Waals surface area contributed by atoms with Crippen LogP contribution in [0, 0.1) is 23.0 Å². The number of nitro benzene ring substituents is 1. The molecular weight excluding hydrogens is 440 g/mol. The van der Waals surface area contributed by atoms with Crippen molar-refractivity contribution < 1.29 is 18.1 Å². The SMILES string of the molecule is CCCCC[C@H]1C2=C(c3ccc([N+](=O)[O-])cc3)C(=O)C[C@H]2CN1S(=O)(=O)c1ccc(C)cc1. The number of carbonyl (C=O) groups is 1. The lowest BCUT2D eigenvalue weighted by Gasteiger charge is -2.26. The second-order valence-electron chi connectivity index (χ2n) is 8.86. The second kappa shape index (κ2) is 9.19. The molecule has 0 N–H and O–H groups in total. The first kappa shape index (κ1) is 23.3. The third kappa shape index (κ3) is 4.37. The number of fused-ring (bicyclic) bond motifs is 1. The van der Waals surface area contributed by atoms with Gasteiger partial charge in [-0.3, -0.25) is 14.9 Å². The molecule has 4 rings (SSSR count). The van der Waals surface area contributed by atoms with Gasteiger partial charge in [0.15, 0.2) is 5.78 Å². The zero-order chi connectivity index (χ0) is 23.8. The van der Waals surface area contributed by atoms with Crippen LogP contribution in [0.3, 0.4) is 0 Å². The van der Waals surface area contributed by atoms with Gasteiger partial charge in [-0.1, -0.05) is 43.9 Å². The van der Waals surface area contributed by atoms with E-state index in [1.165, 1.54) is 12.1 Å². The number of hydrogen-bond donors (Lipinski definition) is 0. The Morgan fingerprint density at radius 2 is 1.73 bits per heavy atom. The summed E-state index contributed by atoms with van der Waals surface area (Å²) in [6.07, 6.45) is 3.77. The quantitative estimate of drug-likeness (QED) is 0.312. The molecule has 2 atom stereocenters. The van der Waals surface area contributed by atoms with Gasteiger partial charge in [0.05, 0.1) is 9.82 Å². The molecule has 1 aliphatic carbocycles. The monoisotopic (exact) mass is 468 g/mol. The van der Waals surface area contributed by atoms with Gasteiger partial charge in [0.2, 0.25) is 10.0 Å². The molecule has 8 heteroatoms. The maximum Gasteiger partial charge on any atom is 0.269 e. The van der Waals surface area contributed by atoms with E-state index in [2.05, 4.69) is 6.92 Å². The Morgan fingerprint density at radius 1 is 1.06 bits per heavy atom. The number of unbranched alkanes of at least 4 members (excludes halogenated alkanes) is 2. The number of nitro groups is 1. The van der Waals surface area contributed by atoms with Crippen LogP contribution in [0.25, 0.3) is 5.57 Å². The Bertz CT molecular complexity index is 1200. The molecule has 7 nitrogen and oxygen atoms in total. The van der Waals surface area contributed by atoms with Crippen LogP contribution in [0.2, 0.25) is 0 Å². The summed E-state index contributed by atoms with van der Waals surface area (Å²) in [5.41, 5.74) is 2.98. The van der Waals surface area contributed by atoms with E-state index in [0.717, 1.165) is 30.4 Å². The van der Waals surface area contributed by atoms with Crippen molar-refractivity contribution >= 4 is 27.1 Å². The predicted molar refractivity (Wildman–Crippen MR) is 126 cm³/mol. The minimum atomic E-state index is -3.73. The summed E-state index contributed by atoms with van der Waals surface area (Å²) < 4.78 is 28.8. The number of sulfonamides is 1. The molecule has 174 valence electrons. The van der Waals surface area contributed by atoms with Crippen molar-refractivity contribution in [2.45, 2.75) is 56.9 Å². The number of Topliss-reactive ketones (excluding diaryl/α,β-unsaturated/α-hetero) is 1. The number of rotatable bonds is 8. The number of carbonyl (C=O) groups excluding carboxylic acids is 1. The zero-order valence-corrected chi connectivity index (χ0v) is 19.7. The Kier molecular flexibility index (Phi) is 6.50. The van der Waals surface area contributed by atoms with Gasteiger partial charge >= 0.3 is 0 Å². The number of allylic oxidation sites excluding steroid dienone is 1. The molecule has 0 radical (unpaired) electrons. The molecule has 2 aromatic rings. The molecule has 1 saturated heterocycles. The third-order valence-corrected chi connectivity index (χ3v) is 8.51. The molecule has 0 saturated carbocycles. The predicted octanol–water partition coefficient (Wildman–Crippen LogP) is 4.90. The van der Waals surface area contributed by atoms with E-state index >= 15 is 0 Å². The first-order valence-corrected chi connectivity index (χ1v) is 12.8. The van der Waals surface area contributed by atoms with Crippen molar-refractivity contribution in [3.05, 3.63) is 75.3 Å². The van der Waals surface area contributed by atoms with E-state index in [1.807, 2.05) is 6.92 Å². The number of ketones is 1. The Hall–Kier alpha value is -2.84. The average molecular weight is 469 g/mol. The Balaban J connectivity index is 1.78. The number of non-ortho nitro benzene ring substituents is 1. The minimum absolute atomic E-state index is 0.0169. The summed E-state index contributed by atoms with van der Waals surface area (Å²) in [5.74, 6) is -0.175. The average Bonchev–Trinajstić information content (AvgIpc) is 3.29. The standard InChI is InChI=1S/C25H28N2O5S/c1-3-4-5-6-22-24-19(16-26(22)33(31,32)21-13-7-17(2)8-14-21)15-23(28)25(24)18-9-11-20(12-10-18)27(29)30/h7-14,19,22H,3-6,15-16H2,1-2H3/t19-,22-/m0/s1. The summed E-state index contributed by atoms with van der Waals surface area (Å²) >= 11 is 0. The van der Waals surface area contributed by atoms with Gasteiger partial charge in [0, 0.05) is 42.6 Å². The van der Waals surface area contributed by atoms with Gasteiger partial charge in [-0.25, -0.2) is 8.42 Å². The van der Waals surface area contributed by atoms with Crippen molar-refractivity contribution in [2.24, 2.45) is 5.92 Å². The molecule has 0 bridgehead atoms. The van der Waals surface area contributed by atoms with Gasteiger partial charge in [0.25, 0.3) is 5.69 Å². The van der Waals surface area contributed by atoms with Gasteiger partial charge in [-0.2, -0.15) is 4.31 Å². The van der Waals surface area contributed by atoms with Crippen molar-refractivity contribution in [1.29, 1.82) is 0 Å². The van der Waals surface area contributed by atoms with Crippen LogP contribution >= 0.6 is 0 Å². The van der Waals surface area contributed by atoms with Crippen LogP contribution in [0.1, 0.15) is 50.2 Å². The molecule has 0 spiro atoms. The fraction of sp³-hybridized carbons (Fsp3) is 0.400. The van der Waals surface area contributed by atoms with E-state index in [1.54, 1.807) is 40.7 Å². The molecule has 33 heavy (non-hydrogen) atoms. The molecule has 0 aromatic heterocycles. The summed E-state index contributed by atoms with van der Waals surface area (Å²) in [5, 5.41) is 11.0. The fourth-order valence-corrected chi connectivity index (χ4v) is 6.66. The highest BCUT2D eigenvalue weighted by Crippen LogP contribution is 2.47. The molecule has 1 fully saturated rings. The summed E-state index contributed by atoms with van der Waals surface area (Å²) in [7, 11) is -3.73. The van der Waals surface area contributed by atoms with Crippen LogP contribution in [0.5, 0.6) is 0 Å². The van der Waals surface area contributed by atoms with Crippen LogP contribution < -0.4 is 0 Å². The van der Waals surface area contributed by atoms with E-state index in [-0.39, 0.29) is 41.3 Å². The first-order valence-electron chi connectivity index (χ1n) is 11.3. The number of hydrogen-bond acceptors (Lipinski definition) is 5. The highest BCUT2D eigenvalue weighted by molar-refractivity contribution is 7.89. The van der Waals surface area contributed by atoms with E-state index in [9.17, 15) is 23.3 Å². The van der Waals surface area contributed by atoms with Crippen molar-refractivity contribution in [3.63, 3.8) is 0 Å². The summed E-state index contributed by atoms with van der Waals surface area (Å²) in [6.45, 7) is 4.29. The molecular formula is C25H28N2O5S. The number of benzene rings is 2. The zero-order valence-electron chi connectivity index (χ0n) is 18.9. The summed E-state index contributed by atoms with van der Waals surface area (Å²) in [4.78, 5) is 23.8. The molecule has 2 aliphatic rings. The topological polar surface area (TPSA) is 97.6 Å². The highest BCUT2D eigenvalue weighted by atomic mass is 32.2. The van der Waals surface area contributed by atoms with E-state index in [4.69, 9.17) is 0 Å². The largest absolute Gasteiger partial charge is 0.294 e. The van der Waals surface area contributed by atoms with Gasteiger partial charge < -0.3 is 0 Å². The van der Waals surface area contributed by atoms with Crippen molar-refractivity contribution in [2.75, 3.05) is 6.54 Å². The van der Waals surface area contributed by atoms with Crippen molar-refractivity contribution in [1.82, 2.24) is 4.31 Å². The Morgan fingerprint density at radius 3 is 2.33 bits per heavy atom. The maximum atomic E-state index is 13.6. The van der Waals surface area contributed by atoms with Gasteiger partial charge in [0.1, 0.15) is 0 Å². The van der Waals surface area contributed by atoms with Gasteiger partial charge in [-0.05, 0) is 48.7 Å². The molecule has 1 heterocycles. The number of nitrogens with zero attached hydrogens (tertiary/aromatic N) is 2. The van der Waals surface area contributed by atoms with Crippen LogP contribution in [-0.2, 0) is 14.8 Å². The number of aryl methyl sites for hydroxylation is 1. The Labute approximate surface area is 194 Å². The van der Waals surface area contributed by atoms with Crippen LogP contribution in [0.4, 0.5) is 5.69 Å². The second-order valence-corrected chi connectivity index (χ2v) is 10.7. The highest BCUT2D eigenvalue weighted by Gasteiger charge is 2.49. The normalized spacial score (nSPS) is 21.0. The van der Waals surface area contributed by atoms with E-state index < -0.39 is 14.9 Å². The summed E-state index contributed by atoms with van der Waals surface area (Å²) in [6, 6.07) is 12.5. The van der Waals surface area contributed by atoms with E-state index in [0.29, 0.717) is 17.6 Å². The lowest BCUT2D eigenvalue weighted by Crippen LogP contribution is -2.37. The molecule has 1 aliphatic heterocycles. The van der Waals surface area contributed by atoms with Crippen LogP contribution in [-0.4, -0.2) is 36.0 Å². The van der Waals surface area contributed by atoms with Crippen molar-refractivity contribution in [3.8, 4) is 0 Å². The maximum absolute atomic E-state index is 13.6. The lowest BCUT2D eigenvalue weighted by molar-refractivity contribution is -0.384. The lowest BCUT2D eigenvalue weighted by atomic mass is 9.92. The molecule has 0 unspecified atom stereocenters. The van der Waals surface area contributed by atoms with Crippen LogP contribution in [0.15, 0.2) is 59.0 Å².